The van der Waals surface area contributed by atoms with Gasteiger partial charge in [0, 0.05) is 5.02 Å². The lowest BCUT2D eigenvalue weighted by Crippen LogP contribution is -2.41. The Labute approximate surface area is 192 Å². The van der Waals surface area contributed by atoms with Crippen LogP contribution in [0.5, 0.6) is 0 Å². The van der Waals surface area contributed by atoms with Gasteiger partial charge in [0.25, 0.3) is 10.0 Å². The molecule has 1 unspecified atom stereocenters. The van der Waals surface area contributed by atoms with Gasteiger partial charge in [-0.3, -0.25) is 9.10 Å². The van der Waals surface area contributed by atoms with E-state index in [9.17, 15) is 17.6 Å². The lowest BCUT2D eigenvalue weighted by Gasteiger charge is -2.26. The van der Waals surface area contributed by atoms with Crippen LogP contribution in [-0.4, -0.2) is 20.9 Å². The molecular weight excluding hydrogens is 451 g/mol. The molecule has 0 spiro atoms. The molecule has 1 N–H and O–H groups in total. The van der Waals surface area contributed by atoms with E-state index in [0.29, 0.717) is 16.3 Å². The van der Waals surface area contributed by atoms with Crippen LogP contribution in [0.3, 0.4) is 0 Å². The topological polar surface area (TPSA) is 66.5 Å². The third-order valence-corrected chi connectivity index (χ3v) is 7.25. The molecule has 0 aliphatic carbocycles. The van der Waals surface area contributed by atoms with Gasteiger partial charge in [-0.2, -0.15) is 0 Å². The molecule has 0 saturated carbocycles. The molecule has 0 aromatic heterocycles. The van der Waals surface area contributed by atoms with Gasteiger partial charge in [0.2, 0.25) is 5.91 Å². The van der Waals surface area contributed by atoms with Crippen molar-refractivity contribution in [3.63, 3.8) is 0 Å². The number of halogens is 2. The Morgan fingerprint density at radius 1 is 1.00 bits per heavy atom. The average Bonchev–Trinajstić information content (AvgIpc) is 2.74. The number of hydrogen-bond donors (Lipinski definition) is 1. The lowest BCUT2D eigenvalue weighted by atomic mass is 10.1. The van der Waals surface area contributed by atoms with E-state index in [2.05, 4.69) is 5.32 Å². The number of anilines is 1. The molecule has 8 heteroatoms. The first-order valence-electron chi connectivity index (χ1n) is 9.98. The standard InChI is InChI=1S/C24H24ClFN2O3S/c1-16-4-11-22(14-17(16)2)28(32(30,31)23-12-7-20(25)8-13-23)15-24(29)27-18(3)19-5-9-21(26)10-6-19/h4-14,18H,15H2,1-3H3,(H,27,29). The number of aryl methyl sites for hydroxylation is 2. The van der Waals surface area contributed by atoms with E-state index in [4.69, 9.17) is 11.6 Å². The molecular formula is C24H24ClFN2O3S. The highest BCUT2D eigenvalue weighted by atomic mass is 35.5. The highest BCUT2D eigenvalue weighted by Gasteiger charge is 2.28. The normalized spacial score (nSPS) is 12.3. The number of benzene rings is 3. The van der Waals surface area contributed by atoms with Crippen molar-refractivity contribution >= 4 is 33.2 Å². The number of sulfonamides is 1. The van der Waals surface area contributed by atoms with E-state index in [1.165, 1.54) is 36.4 Å². The molecule has 3 aromatic rings. The Morgan fingerprint density at radius 3 is 2.22 bits per heavy atom. The highest BCUT2D eigenvalue weighted by Crippen LogP contribution is 2.26. The van der Waals surface area contributed by atoms with Gasteiger partial charge in [0.1, 0.15) is 12.4 Å². The van der Waals surface area contributed by atoms with Crippen LogP contribution in [0.1, 0.15) is 29.7 Å². The smallest absolute Gasteiger partial charge is 0.264 e. The summed E-state index contributed by atoms with van der Waals surface area (Å²) >= 11 is 5.91. The van der Waals surface area contributed by atoms with Crippen molar-refractivity contribution in [1.82, 2.24) is 5.32 Å². The lowest BCUT2D eigenvalue weighted by molar-refractivity contribution is -0.120. The van der Waals surface area contributed by atoms with E-state index in [1.54, 1.807) is 31.2 Å². The van der Waals surface area contributed by atoms with Gasteiger partial charge in [-0.05, 0) is 86.0 Å². The Kier molecular flexibility index (Phi) is 7.21. The van der Waals surface area contributed by atoms with Gasteiger partial charge in [0.05, 0.1) is 16.6 Å². The molecule has 0 bridgehead atoms. The van der Waals surface area contributed by atoms with Gasteiger partial charge in [-0.1, -0.05) is 29.8 Å². The molecule has 0 aliphatic rings. The number of nitrogens with zero attached hydrogens (tertiary/aromatic N) is 1. The molecule has 0 saturated heterocycles. The first kappa shape index (κ1) is 23.8. The highest BCUT2D eigenvalue weighted by molar-refractivity contribution is 7.92. The zero-order valence-corrected chi connectivity index (χ0v) is 19.5. The molecule has 0 heterocycles. The molecule has 168 valence electrons. The molecule has 3 aromatic carbocycles. The van der Waals surface area contributed by atoms with Crippen LogP contribution in [0.25, 0.3) is 0 Å². The minimum absolute atomic E-state index is 0.0273. The second-order valence-corrected chi connectivity index (χ2v) is 9.87. The maximum absolute atomic E-state index is 13.4. The summed E-state index contributed by atoms with van der Waals surface area (Å²) in [6.07, 6.45) is 0. The van der Waals surface area contributed by atoms with Crippen molar-refractivity contribution in [1.29, 1.82) is 0 Å². The van der Waals surface area contributed by atoms with Gasteiger partial charge in [-0.25, -0.2) is 12.8 Å². The Bertz CT molecular complexity index is 1210. The molecule has 1 atom stereocenters. The summed E-state index contributed by atoms with van der Waals surface area (Å²) in [5.41, 5.74) is 3.00. The summed E-state index contributed by atoms with van der Waals surface area (Å²) in [6, 6.07) is 16.4. The maximum atomic E-state index is 13.4. The third kappa shape index (κ3) is 5.47. The van der Waals surface area contributed by atoms with Crippen molar-refractivity contribution in [3.8, 4) is 0 Å². The molecule has 5 nitrogen and oxygen atoms in total. The molecule has 0 radical (unpaired) electrons. The second-order valence-electron chi connectivity index (χ2n) is 7.57. The fourth-order valence-electron chi connectivity index (χ4n) is 3.18. The fourth-order valence-corrected chi connectivity index (χ4v) is 4.72. The fraction of sp³-hybridized carbons (Fsp3) is 0.208. The monoisotopic (exact) mass is 474 g/mol. The van der Waals surface area contributed by atoms with Crippen LogP contribution in [0.15, 0.2) is 71.6 Å². The Morgan fingerprint density at radius 2 is 1.62 bits per heavy atom. The van der Waals surface area contributed by atoms with Crippen LogP contribution in [0.4, 0.5) is 10.1 Å². The zero-order valence-electron chi connectivity index (χ0n) is 18.0. The molecule has 32 heavy (non-hydrogen) atoms. The van der Waals surface area contributed by atoms with E-state index in [-0.39, 0.29) is 10.7 Å². The summed E-state index contributed by atoms with van der Waals surface area (Å²) in [5, 5.41) is 3.20. The van der Waals surface area contributed by atoms with E-state index < -0.39 is 28.5 Å². The minimum Gasteiger partial charge on any atom is -0.348 e. The Hall–Kier alpha value is -2.90. The van der Waals surface area contributed by atoms with Crippen molar-refractivity contribution in [2.24, 2.45) is 0 Å². The van der Waals surface area contributed by atoms with Crippen molar-refractivity contribution in [2.45, 2.75) is 31.7 Å². The number of hydrogen-bond acceptors (Lipinski definition) is 3. The molecule has 0 aliphatic heterocycles. The van der Waals surface area contributed by atoms with Gasteiger partial charge < -0.3 is 5.32 Å². The number of rotatable bonds is 7. The van der Waals surface area contributed by atoms with Crippen molar-refractivity contribution in [3.05, 3.63) is 94.3 Å². The van der Waals surface area contributed by atoms with Crippen LogP contribution in [-0.2, 0) is 14.8 Å². The van der Waals surface area contributed by atoms with E-state index >= 15 is 0 Å². The summed E-state index contributed by atoms with van der Waals surface area (Å²) < 4.78 is 41.1. The SMILES string of the molecule is Cc1ccc(N(CC(=O)NC(C)c2ccc(F)cc2)S(=O)(=O)c2ccc(Cl)cc2)cc1C. The van der Waals surface area contributed by atoms with Crippen molar-refractivity contribution in [2.75, 3.05) is 10.8 Å². The zero-order chi connectivity index (χ0) is 23.5. The largest absolute Gasteiger partial charge is 0.348 e. The average molecular weight is 475 g/mol. The van der Waals surface area contributed by atoms with Crippen LogP contribution < -0.4 is 9.62 Å². The quantitative estimate of drug-likeness (QED) is 0.513. The van der Waals surface area contributed by atoms with Gasteiger partial charge >= 0.3 is 0 Å². The maximum Gasteiger partial charge on any atom is 0.264 e. The predicted octanol–water partition coefficient (Wildman–Crippen LogP) is 5.17. The van der Waals surface area contributed by atoms with Crippen LogP contribution in [0.2, 0.25) is 5.02 Å². The van der Waals surface area contributed by atoms with Gasteiger partial charge in [-0.15, -0.1) is 0 Å². The van der Waals surface area contributed by atoms with E-state index in [1.807, 2.05) is 19.9 Å². The summed E-state index contributed by atoms with van der Waals surface area (Å²) in [6.45, 7) is 5.13. The molecule has 0 fully saturated rings. The number of carbonyl (C=O) groups is 1. The van der Waals surface area contributed by atoms with Crippen molar-refractivity contribution < 1.29 is 17.6 Å². The number of carbonyl (C=O) groups excluding carboxylic acids is 1. The Balaban J connectivity index is 1.91. The van der Waals surface area contributed by atoms with E-state index in [0.717, 1.165) is 15.4 Å². The minimum atomic E-state index is -4.04. The van der Waals surface area contributed by atoms with Gasteiger partial charge in [0.15, 0.2) is 0 Å². The number of amides is 1. The number of nitrogens with one attached hydrogen (secondary N) is 1. The summed E-state index contributed by atoms with van der Waals surface area (Å²) in [7, 11) is -4.04. The predicted molar refractivity (Wildman–Crippen MR) is 125 cm³/mol. The van der Waals surface area contributed by atoms with Crippen LogP contribution >= 0.6 is 11.6 Å². The summed E-state index contributed by atoms with van der Waals surface area (Å²) in [5.74, 6) is -0.861. The third-order valence-electron chi connectivity index (χ3n) is 5.21. The summed E-state index contributed by atoms with van der Waals surface area (Å²) in [4.78, 5) is 12.9. The second kappa shape index (κ2) is 9.71. The van der Waals surface area contributed by atoms with Crippen LogP contribution in [0, 0.1) is 19.7 Å². The molecule has 1 amide bonds. The molecule has 3 rings (SSSR count). The first-order valence-corrected chi connectivity index (χ1v) is 11.8. The first-order chi connectivity index (χ1) is 15.1.